The van der Waals surface area contributed by atoms with Crippen molar-refractivity contribution in [3.63, 3.8) is 0 Å². The van der Waals surface area contributed by atoms with Crippen LogP contribution in [-0.2, 0) is 0 Å². The number of hydrogen-bond acceptors (Lipinski definition) is 2. The maximum Gasteiger partial charge on any atom is 0.329 e. The molecule has 0 saturated carbocycles. The molecule has 88 valence electrons. The topological polar surface area (TPSA) is 44.4 Å². The van der Waals surface area contributed by atoms with Crippen LogP contribution in [0.25, 0.3) is 0 Å². The lowest BCUT2D eigenvalue weighted by atomic mass is 10.00. The molecule has 2 atom stereocenters. The van der Waals surface area contributed by atoms with Crippen molar-refractivity contribution in [2.24, 2.45) is 0 Å². The number of alkyl halides is 1. The van der Waals surface area contributed by atoms with Crippen LogP contribution in [0, 0.1) is 0 Å². The zero-order valence-electron chi connectivity index (χ0n) is 9.42. The molecule has 0 aromatic carbocycles. The number of carbonyl (C=O) groups excluding carboxylic acids is 1. The second-order valence-electron chi connectivity index (χ2n) is 4.09. The molecule has 0 spiro atoms. The fourth-order valence-corrected chi connectivity index (χ4v) is 2.05. The van der Waals surface area contributed by atoms with E-state index in [0.29, 0.717) is 24.5 Å². The van der Waals surface area contributed by atoms with E-state index in [9.17, 15) is 4.79 Å². The monoisotopic (exact) mass is 233 g/mol. The maximum atomic E-state index is 11.4. The summed E-state index contributed by atoms with van der Waals surface area (Å²) in [6.07, 6.45) is 3.52. The van der Waals surface area contributed by atoms with E-state index in [1.54, 1.807) is 0 Å². The standard InChI is InChI=1S/C10H20ClN3O/c1-8-4-3-5-9(2)14(8)13-10(15)12-7-6-11/h8-9H,3-7H2,1-2H3,(H2,12,13,15)/t8-,9+. The highest BCUT2D eigenvalue weighted by molar-refractivity contribution is 6.18. The Labute approximate surface area is 96.3 Å². The van der Waals surface area contributed by atoms with Gasteiger partial charge in [-0.25, -0.2) is 9.80 Å². The lowest BCUT2D eigenvalue weighted by molar-refractivity contribution is 0.0596. The Morgan fingerprint density at radius 3 is 2.53 bits per heavy atom. The summed E-state index contributed by atoms with van der Waals surface area (Å²) in [5.74, 6) is 0.443. The second kappa shape index (κ2) is 6.18. The third kappa shape index (κ3) is 3.87. The molecule has 0 radical (unpaired) electrons. The molecule has 1 fully saturated rings. The average Bonchev–Trinajstić information content (AvgIpc) is 2.21. The number of nitrogens with zero attached hydrogens (tertiary/aromatic N) is 1. The summed E-state index contributed by atoms with van der Waals surface area (Å²) in [7, 11) is 0. The Hall–Kier alpha value is -0.480. The van der Waals surface area contributed by atoms with Crippen LogP contribution in [0.1, 0.15) is 33.1 Å². The zero-order valence-corrected chi connectivity index (χ0v) is 10.2. The Kier molecular flexibility index (Phi) is 5.19. The first-order valence-electron chi connectivity index (χ1n) is 5.54. The molecular weight excluding hydrogens is 214 g/mol. The molecule has 1 rings (SSSR count). The number of piperidine rings is 1. The molecule has 1 heterocycles. The summed E-state index contributed by atoms with van der Waals surface area (Å²) in [4.78, 5) is 11.4. The second-order valence-corrected chi connectivity index (χ2v) is 4.47. The first-order chi connectivity index (χ1) is 7.15. The van der Waals surface area contributed by atoms with Crippen molar-refractivity contribution in [2.45, 2.75) is 45.2 Å². The quantitative estimate of drug-likeness (QED) is 0.729. The number of urea groups is 1. The summed E-state index contributed by atoms with van der Waals surface area (Å²) >= 11 is 5.49. The van der Waals surface area contributed by atoms with Crippen molar-refractivity contribution < 1.29 is 4.79 Å². The molecule has 0 aromatic rings. The molecule has 15 heavy (non-hydrogen) atoms. The molecule has 1 saturated heterocycles. The van der Waals surface area contributed by atoms with Gasteiger partial charge >= 0.3 is 6.03 Å². The van der Waals surface area contributed by atoms with E-state index in [0.717, 1.165) is 12.8 Å². The maximum absolute atomic E-state index is 11.4. The van der Waals surface area contributed by atoms with E-state index < -0.39 is 0 Å². The Balaban J connectivity index is 2.37. The number of hydrogen-bond donors (Lipinski definition) is 2. The minimum atomic E-state index is -0.156. The van der Waals surface area contributed by atoms with E-state index in [1.165, 1.54) is 6.42 Å². The number of hydrazine groups is 1. The molecule has 4 nitrogen and oxygen atoms in total. The molecule has 5 heteroatoms. The summed E-state index contributed by atoms with van der Waals surface area (Å²) in [5.41, 5.74) is 2.88. The van der Waals surface area contributed by atoms with Crippen LogP contribution in [0.15, 0.2) is 0 Å². The largest absolute Gasteiger partial charge is 0.336 e. The number of carbonyl (C=O) groups is 1. The van der Waals surface area contributed by atoms with Gasteiger partial charge in [-0.15, -0.1) is 11.6 Å². The molecule has 0 unspecified atom stereocenters. The van der Waals surface area contributed by atoms with Gasteiger partial charge in [-0.1, -0.05) is 6.42 Å². The third-order valence-corrected chi connectivity index (χ3v) is 2.99. The van der Waals surface area contributed by atoms with Gasteiger partial charge in [0.25, 0.3) is 0 Å². The van der Waals surface area contributed by atoms with Crippen molar-refractivity contribution in [1.82, 2.24) is 15.8 Å². The fraction of sp³-hybridized carbons (Fsp3) is 0.900. The van der Waals surface area contributed by atoms with E-state index in [2.05, 4.69) is 24.6 Å². The first-order valence-corrected chi connectivity index (χ1v) is 6.07. The summed E-state index contributed by atoms with van der Waals surface area (Å²) < 4.78 is 0. The minimum absolute atomic E-state index is 0.156. The van der Waals surface area contributed by atoms with Gasteiger partial charge < -0.3 is 5.32 Å². The smallest absolute Gasteiger partial charge is 0.329 e. The highest BCUT2D eigenvalue weighted by Gasteiger charge is 2.25. The van der Waals surface area contributed by atoms with Crippen LogP contribution in [0.4, 0.5) is 4.79 Å². The van der Waals surface area contributed by atoms with Gasteiger partial charge in [0.05, 0.1) is 0 Å². The van der Waals surface area contributed by atoms with Crippen LogP contribution in [0.2, 0.25) is 0 Å². The molecule has 2 amide bonds. The first kappa shape index (κ1) is 12.6. The van der Waals surface area contributed by atoms with Gasteiger partial charge in [0.1, 0.15) is 0 Å². The highest BCUT2D eigenvalue weighted by atomic mass is 35.5. The van der Waals surface area contributed by atoms with Crippen LogP contribution in [0.3, 0.4) is 0 Å². The average molecular weight is 234 g/mol. The van der Waals surface area contributed by atoms with E-state index in [1.807, 2.05) is 5.01 Å². The van der Waals surface area contributed by atoms with Crippen molar-refractivity contribution in [1.29, 1.82) is 0 Å². The van der Waals surface area contributed by atoms with Gasteiger partial charge in [-0.05, 0) is 26.7 Å². The molecule has 1 aliphatic rings. The summed E-state index contributed by atoms with van der Waals surface area (Å²) in [5, 5.41) is 4.73. The van der Waals surface area contributed by atoms with E-state index in [-0.39, 0.29) is 6.03 Å². The fourth-order valence-electron chi connectivity index (χ4n) is 1.96. The van der Waals surface area contributed by atoms with Crippen molar-refractivity contribution >= 4 is 17.6 Å². The Bertz CT molecular complexity index is 203. The molecule has 0 aliphatic carbocycles. The number of amides is 2. The number of rotatable bonds is 3. The van der Waals surface area contributed by atoms with Crippen LogP contribution in [0.5, 0.6) is 0 Å². The zero-order chi connectivity index (χ0) is 11.3. The van der Waals surface area contributed by atoms with Gasteiger partial charge in [0.15, 0.2) is 0 Å². The van der Waals surface area contributed by atoms with Gasteiger partial charge in [-0.3, -0.25) is 5.43 Å². The molecule has 2 N–H and O–H groups in total. The molecule has 1 aliphatic heterocycles. The molecular formula is C10H20ClN3O. The Morgan fingerprint density at radius 1 is 1.40 bits per heavy atom. The molecule has 0 bridgehead atoms. The van der Waals surface area contributed by atoms with Crippen molar-refractivity contribution in [3.8, 4) is 0 Å². The van der Waals surface area contributed by atoms with Gasteiger partial charge in [-0.2, -0.15) is 0 Å². The lowest BCUT2D eigenvalue weighted by Crippen LogP contribution is -2.56. The minimum Gasteiger partial charge on any atom is -0.336 e. The summed E-state index contributed by atoms with van der Waals surface area (Å²) in [6.45, 7) is 4.78. The normalized spacial score (nSPS) is 27.4. The van der Waals surface area contributed by atoms with Crippen LogP contribution >= 0.6 is 11.6 Å². The number of halogens is 1. The predicted molar refractivity (Wildman–Crippen MR) is 61.9 cm³/mol. The highest BCUT2D eigenvalue weighted by Crippen LogP contribution is 2.19. The van der Waals surface area contributed by atoms with Crippen molar-refractivity contribution in [2.75, 3.05) is 12.4 Å². The van der Waals surface area contributed by atoms with Crippen LogP contribution in [-0.4, -0.2) is 35.5 Å². The SMILES string of the molecule is C[C@@H]1CCC[C@H](C)N1NC(=O)NCCCl. The lowest BCUT2D eigenvalue weighted by Gasteiger charge is -2.38. The summed E-state index contributed by atoms with van der Waals surface area (Å²) in [6, 6.07) is 0.669. The van der Waals surface area contributed by atoms with E-state index >= 15 is 0 Å². The Morgan fingerprint density at radius 2 is 2.00 bits per heavy atom. The van der Waals surface area contributed by atoms with Gasteiger partial charge in [0, 0.05) is 24.5 Å². The van der Waals surface area contributed by atoms with E-state index in [4.69, 9.17) is 11.6 Å². The van der Waals surface area contributed by atoms with Crippen LogP contribution < -0.4 is 10.7 Å². The third-order valence-electron chi connectivity index (χ3n) is 2.80. The number of nitrogens with one attached hydrogen (secondary N) is 2. The van der Waals surface area contributed by atoms with Gasteiger partial charge in [0.2, 0.25) is 0 Å². The van der Waals surface area contributed by atoms with Crippen molar-refractivity contribution in [3.05, 3.63) is 0 Å². The predicted octanol–water partition coefficient (Wildman–Crippen LogP) is 1.70. The molecule has 0 aromatic heterocycles.